The van der Waals surface area contributed by atoms with E-state index in [9.17, 15) is 9.18 Å². The van der Waals surface area contributed by atoms with Crippen LogP contribution in [0.4, 0.5) is 9.18 Å². The SMILES string of the molecule is CCN(C)C(=O)OCCCCF. The van der Waals surface area contributed by atoms with Crippen LogP contribution in [-0.2, 0) is 4.74 Å². The van der Waals surface area contributed by atoms with Gasteiger partial charge in [0.15, 0.2) is 0 Å². The molecule has 0 N–H and O–H groups in total. The Labute approximate surface area is 72.5 Å². The third-order valence-electron chi connectivity index (χ3n) is 1.54. The third kappa shape index (κ3) is 4.93. The van der Waals surface area contributed by atoms with Crippen molar-refractivity contribution in [1.29, 1.82) is 0 Å². The van der Waals surface area contributed by atoms with Crippen molar-refractivity contribution in [1.82, 2.24) is 4.90 Å². The lowest BCUT2D eigenvalue weighted by Gasteiger charge is -2.13. The summed E-state index contributed by atoms with van der Waals surface area (Å²) >= 11 is 0. The molecule has 0 unspecified atom stereocenters. The number of hydrogen-bond acceptors (Lipinski definition) is 2. The molecule has 0 fully saturated rings. The maximum atomic E-state index is 11.6. The van der Waals surface area contributed by atoms with E-state index in [2.05, 4.69) is 0 Å². The van der Waals surface area contributed by atoms with Gasteiger partial charge in [-0.3, -0.25) is 4.39 Å². The molecule has 0 aliphatic rings. The first kappa shape index (κ1) is 11.2. The van der Waals surface area contributed by atoms with Gasteiger partial charge >= 0.3 is 6.09 Å². The Kier molecular flexibility index (Phi) is 6.42. The number of alkyl halides is 1. The van der Waals surface area contributed by atoms with Crippen LogP contribution in [0.1, 0.15) is 19.8 Å². The van der Waals surface area contributed by atoms with E-state index >= 15 is 0 Å². The quantitative estimate of drug-likeness (QED) is 0.599. The molecule has 72 valence electrons. The second-order valence-electron chi connectivity index (χ2n) is 2.52. The van der Waals surface area contributed by atoms with E-state index in [0.29, 0.717) is 26.0 Å². The van der Waals surface area contributed by atoms with Crippen molar-refractivity contribution in [2.45, 2.75) is 19.8 Å². The Hall–Kier alpha value is -0.800. The highest BCUT2D eigenvalue weighted by Gasteiger charge is 2.05. The number of unbranched alkanes of at least 4 members (excludes halogenated alkanes) is 1. The summed E-state index contributed by atoms with van der Waals surface area (Å²) in [7, 11) is 1.66. The van der Waals surface area contributed by atoms with Gasteiger partial charge in [0.1, 0.15) is 0 Å². The number of rotatable bonds is 5. The van der Waals surface area contributed by atoms with Crippen molar-refractivity contribution in [3.63, 3.8) is 0 Å². The molecule has 1 amide bonds. The van der Waals surface area contributed by atoms with Gasteiger partial charge in [-0.05, 0) is 19.8 Å². The maximum absolute atomic E-state index is 11.6. The highest BCUT2D eigenvalue weighted by molar-refractivity contribution is 5.67. The van der Waals surface area contributed by atoms with Crippen molar-refractivity contribution in [2.24, 2.45) is 0 Å². The predicted octanol–water partition coefficient (Wildman–Crippen LogP) is 1.82. The van der Waals surface area contributed by atoms with Gasteiger partial charge in [0.05, 0.1) is 13.3 Å². The van der Waals surface area contributed by atoms with E-state index in [1.807, 2.05) is 6.92 Å². The monoisotopic (exact) mass is 177 g/mol. The number of carbonyl (C=O) groups is 1. The predicted molar refractivity (Wildman–Crippen MR) is 44.9 cm³/mol. The summed E-state index contributed by atoms with van der Waals surface area (Å²) in [5, 5.41) is 0. The molecule has 0 spiro atoms. The van der Waals surface area contributed by atoms with Gasteiger partial charge in [-0.25, -0.2) is 4.79 Å². The highest BCUT2D eigenvalue weighted by atomic mass is 19.1. The van der Waals surface area contributed by atoms with Crippen LogP contribution in [0.15, 0.2) is 0 Å². The first-order valence-corrected chi connectivity index (χ1v) is 4.16. The molecule has 0 rings (SSSR count). The van der Waals surface area contributed by atoms with Crippen LogP contribution in [-0.4, -0.2) is 37.9 Å². The van der Waals surface area contributed by atoms with Crippen LogP contribution < -0.4 is 0 Å². The summed E-state index contributed by atoms with van der Waals surface area (Å²) in [4.78, 5) is 12.4. The minimum atomic E-state index is -0.346. The van der Waals surface area contributed by atoms with E-state index in [1.165, 1.54) is 4.90 Å². The van der Waals surface area contributed by atoms with Crippen molar-refractivity contribution in [3.05, 3.63) is 0 Å². The molecule has 0 bridgehead atoms. The molecule has 0 heterocycles. The van der Waals surface area contributed by atoms with Crippen LogP contribution in [0.25, 0.3) is 0 Å². The molecule has 0 saturated carbocycles. The topological polar surface area (TPSA) is 29.5 Å². The lowest BCUT2D eigenvalue weighted by molar-refractivity contribution is 0.110. The smallest absolute Gasteiger partial charge is 0.409 e. The van der Waals surface area contributed by atoms with Crippen LogP contribution in [0, 0.1) is 0 Å². The number of carbonyl (C=O) groups excluding carboxylic acids is 1. The minimum Gasteiger partial charge on any atom is -0.449 e. The van der Waals surface area contributed by atoms with Crippen LogP contribution in [0.3, 0.4) is 0 Å². The number of halogens is 1. The summed E-state index contributed by atoms with van der Waals surface area (Å²) in [5.41, 5.74) is 0. The van der Waals surface area contributed by atoms with E-state index in [0.717, 1.165) is 0 Å². The summed E-state index contributed by atoms with van der Waals surface area (Å²) in [6.07, 6.45) is 0.722. The van der Waals surface area contributed by atoms with Gasteiger partial charge in [0.25, 0.3) is 0 Å². The second-order valence-corrected chi connectivity index (χ2v) is 2.52. The number of nitrogens with zero attached hydrogens (tertiary/aromatic N) is 1. The Bertz CT molecular complexity index is 130. The van der Waals surface area contributed by atoms with Crippen molar-refractivity contribution >= 4 is 6.09 Å². The van der Waals surface area contributed by atoms with Crippen molar-refractivity contribution in [3.8, 4) is 0 Å². The molecular weight excluding hydrogens is 161 g/mol. The average Bonchev–Trinajstić information content (AvgIpc) is 2.10. The molecule has 4 heteroatoms. The van der Waals surface area contributed by atoms with Crippen molar-refractivity contribution in [2.75, 3.05) is 26.9 Å². The fourth-order valence-corrected chi connectivity index (χ4v) is 0.595. The molecule has 12 heavy (non-hydrogen) atoms. The van der Waals surface area contributed by atoms with Crippen LogP contribution in [0.2, 0.25) is 0 Å². The van der Waals surface area contributed by atoms with Gasteiger partial charge in [-0.2, -0.15) is 0 Å². The van der Waals surface area contributed by atoms with Crippen molar-refractivity contribution < 1.29 is 13.9 Å². The first-order valence-electron chi connectivity index (χ1n) is 4.16. The largest absolute Gasteiger partial charge is 0.449 e. The number of amides is 1. The third-order valence-corrected chi connectivity index (χ3v) is 1.54. The number of hydrogen-bond donors (Lipinski definition) is 0. The molecule has 0 aliphatic heterocycles. The second kappa shape index (κ2) is 6.88. The lowest BCUT2D eigenvalue weighted by Crippen LogP contribution is -2.27. The van der Waals surface area contributed by atoms with E-state index < -0.39 is 0 Å². The molecule has 0 aromatic carbocycles. The molecule has 0 saturated heterocycles. The summed E-state index contributed by atoms with van der Waals surface area (Å²) in [6, 6.07) is 0. The molecule has 3 nitrogen and oxygen atoms in total. The Morgan fingerprint density at radius 1 is 1.50 bits per heavy atom. The minimum absolute atomic E-state index is 0.313. The molecule has 0 aliphatic carbocycles. The standard InChI is InChI=1S/C8H16FNO2/c1-3-10(2)8(11)12-7-5-4-6-9/h3-7H2,1-2H3. The van der Waals surface area contributed by atoms with Gasteiger partial charge < -0.3 is 9.64 Å². The molecule has 0 atom stereocenters. The van der Waals surface area contributed by atoms with Crippen LogP contribution >= 0.6 is 0 Å². The van der Waals surface area contributed by atoms with Gasteiger partial charge in [-0.15, -0.1) is 0 Å². The van der Waals surface area contributed by atoms with Crippen LogP contribution in [0.5, 0.6) is 0 Å². The molecule has 0 radical (unpaired) electrons. The summed E-state index contributed by atoms with van der Waals surface area (Å²) in [5.74, 6) is 0. The maximum Gasteiger partial charge on any atom is 0.409 e. The molecule has 0 aromatic heterocycles. The van der Waals surface area contributed by atoms with Gasteiger partial charge in [0, 0.05) is 13.6 Å². The van der Waals surface area contributed by atoms with Gasteiger partial charge in [-0.1, -0.05) is 0 Å². The Balaban J connectivity index is 3.31. The highest BCUT2D eigenvalue weighted by Crippen LogP contribution is 1.94. The Morgan fingerprint density at radius 2 is 2.17 bits per heavy atom. The van der Waals surface area contributed by atoms with E-state index in [-0.39, 0.29) is 12.8 Å². The fraction of sp³-hybridized carbons (Fsp3) is 0.875. The zero-order valence-corrected chi connectivity index (χ0v) is 7.68. The van der Waals surface area contributed by atoms with E-state index in [1.54, 1.807) is 7.05 Å². The normalized spacial score (nSPS) is 9.58. The number of ether oxygens (including phenoxy) is 1. The summed E-state index contributed by atoms with van der Waals surface area (Å²) in [6.45, 7) is 2.46. The summed E-state index contributed by atoms with van der Waals surface area (Å²) < 4.78 is 16.4. The van der Waals surface area contributed by atoms with Gasteiger partial charge in [0.2, 0.25) is 0 Å². The average molecular weight is 177 g/mol. The zero-order chi connectivity index (χ0) is 9.40. The lowest BCUT2D eigenvalue weighted by atomic mass is 10.3. The van der Waals surface area contributed by atoms with E-state index in [4.69, 9.17) is 4.74 Å². The Morgan fingerprint density at radius 3 is 2.67 bits per heavy atom. The fourth-order valence-electron chi connectivity index (χ4n) is 0.595. The zero-order valence-electron chi connectivity index (χ0n) is 7.68. The first-order chi connectivity index (χ1) is 5.72. The molecular formula is C8H16FNO2. The molecule has 0 aromatic rings.